The lowest BCUT2D eigenvalue weighted by atomic mass is 9.98. The van der Waals surface area contributed by atoms with Gasteiger partial charge in [0.05, 0.1) is 7.11 Å². The smallest absolute Gasteiger partial charge is 0.121 e. The number of benzene rings is 2. The van der Waals surface area contributed by atoms with Crippen molar-refractivity contribution in [1.29, 1.82) is 0 Å². The molecule has 0 atom stereocenters. The zero-order valence-corrected chi connectivity index (χ0v) is 13.2. The van der Waals surface area contributed by atoms with Crippen LogP contribution >= 0.6 is 11.6 Å². The van der Waals surface area contributed by atoms with Crippen LogP contribution in [0.3, 0.4) is 0 Å². The van der Waals surface area contributed by atoms with Gasteiger partial charge in [-0.2, -0.15) is 0 Å². The molecule has 0 saturated heterocycles. The van der Waals surface area contributed by atoms with Crippen molar-refractivity contribution in [3.05, 3.63) is 52.5 Å². The van der Waals surface area contributed by atoms with E-state index in [9.17, 15) is 0 Å². The zero-order valence-electron chi connectivity index (χ0n) is 12.4. The molecule has 110 valence electrons. The highest BCUT2D eigenvalue weighted by molar-refractivity contribution is 6.30. The molecule has 0 heterocycles. The number of hydrogen-bond acceptors (Lipinski definition) is 2. The third-order valence-electron chi connectivity index (χ3n) is 3.94. The Morgan fingerprint density at radius 1 is 1.19 bits per heavy atom. The minimum absolute atomic E-state index is 0.700. The standard InChI is InChI=1S/C18H20ClNO/c1-12-9-13(4-8-18(12)21-2)17-10-15(19)5-3-14(17)11-20-16-6-7-16/h3-5,8-10,16,20H,6-7,11H2,1-2H3. The van der Waals surface area contributed by atoms with Crippen molar-refractivity contribution in [3.8, 4) is 16.9 Å². The highest BCUT2D eigenvalue weighted by Crippen LogP contribution is 2.31. The lowest BCUT2D eigenvalue weighted by Crippen LogP contribution is -2.15. The maximum Gasteiger partial charge on any atom is 0.121 e. The molecule has 0 amide bonds. The molecular formula is C18H20ClNO. The van der Waals surface area contributed by atoms with E-state index in [1.54, 1.807) is 7.11 Å². The van der Waals surface area contributed by atoms with E-state index < -0.39 is 0 Å². The maximum absolute atomic E-state index is 6.20. The molecule has 2 aromatic rings. The van der Waals surface area contributed by atoms with Crippen molar-refractivity contribution < 1.29 is 4.74 Å². The summed E-state index contributed by atoms with van der Waals surface area (Å²) in [6.45, 7) is 2.96. The summed E-state index contributed by atoms with van der Waals surface area (Å²) in [4.78, 5) is 0. The molecule has 1 fully saturated rings. The molecule has 1 aliphatic carbocycles. The van der Waals surface area contributed by atoms with Gasteiger partial charge in [-0.3, -0.25) is 0 Å². The molecule has 3 heteroatoms. The van der Waals surface area contributed by atoms with Crippen molar-refractivity contribution in [2.75, 3.05) is 7.11 Å². The SMILES string of the molecule is COc1ccc(-c2cc(Cl)ccc2CNC2CC2)cc1C. The fourth-order valence-electron chi connectivity index (χ4n) is 2.56. The Bertz CT molecular complexity index is 650. The first kappa shape index (κ1) is 14.4. The van der Waals surface area contributed by atoms with E-state index in [0.717, 1.165) is 22.9 Å². The highest BCUT2D eigenvalue weighted by Gasteiger charge is 2.20. The summed E-state index contributed by atoms with van der Waals surface area (Å²) in [5.74, 6) is 0.915. The molecule has 0 aromatic heterocycles. The van der Waals surface area contributed by atoms with Crippen LogP contribution in [0.15, 0.2) is 36.4 Å². The second kappa shape index (κ2) is 6.08. The topological polar surface area (TPSA) is 21.3 Å². The van der Waals surface area contributed by atoms with Crippen LogP contribution in [-0.4, -0.2) is 13.2 Å². The van der Waals surface area contributed by atoms with Crippen LogP contribution < -0.4 is 10.1 Å². The van der Waals surface area contributed by atoms with Crippen LogP contribution in [0, 0.1) is 6.92 Å². The number of hydrogen-bond donors (Lipinski definition) is 1. The van der Waals surface area contributed by atoms with Gasteiger partial charge in [-0.1, -0.05) is 23.7 Å². The number of halogens is 1. The van der Waals surface area contributed by atoms with E-state index in [-0.39, 0.29) is 0 Å². The Morgan fingerprint density at radius 2 is 2.00 bits per heavy atom. The van der Waals surface area contributed by atoms with E-state index in [0.29, 0.717) is 6.04 Å². The van der Waals surface area contributed by atoms with Crippen LogP contribution in [0.5, 0.6) is 5.75 Å². The molecule has 3 rings (SSSR count). The van der Waals surface area contributed by atoms with Gasteiger partial charge in [0.25, 0.3) is 0 Å². The molecule has 0 unspecified atom stereocenters. The molecule has 0 bridgehead atoms. The van der Waals surface area contributed by atoms with Gasteiger partial charge < -0.3 is 10.1 Å². The predicted molar refractivity (Wildman–Crippen MR) is 88.0 cm³/mol. The Kier molecular flexibility index (Phi) is 4.18. The second-order valence-electron chi connectivity index (χ2n) is 5.64. The number of rotatable bonds is 5. The van der Waals surface area contributed by atoms with E-state index in [1.165, 1.54) is 29.5 Å². The Balaban J connectivity index is 1.94. The number of aryl methyl sites for hydroxylation is 1. The minimum atomic E-state index is 0.700. The summed E-state index contributed by atoms with van der Waals surface area (Å²) in [5, 5.41) is 4.34. The first-order valence-electron chi connectivity index (χ1n) is 7.34. The number of nitrogens with one attached hydrogen (secondary N) is 1. The van der Waals surface area contributed by atoms with Gasteiger partial charge >= 0.3 is 0 Å². The van der Waals surface area contributed by atoms with Gasteiger partial charge in [0.15, 0.2) is 0 Å². The van der Waals surface area contributed by atoms with E-state index in [1.807, 2.05) is 18.2 Å². The van der Waals surface area contributed by atoms with Crippen LogP contribution in [0.2, 0.25) is 5.02 Å². The third kappa shape index (κ3) is 3.39. The number of methoxy groups -OCH3 is 1. The van der Waals surface area contributed by atoms with Crippen molar-refractivity contribution in [2.45, 2.75) is 32.4 Å². The quantitative estimate of drug-likeness (QED) is 0.873. The predicted octanol–water partition coefficient (Wildman–Crippen LogP) is 4.58. The normalized spacial score (nSPS) is 14.2. The fraction of sp³-hybridized carbons (Fsp3) is 0.333. The molecule has 0 radical (unpaired) electrons. The zero-order chi connectivity index (χ0) is 14.8. The van der Waals surface area contributed by atoms with Crippen LogP contribution in [0.4, 0.5) is 0 Å². The monoisotopic (exact) mass is 301 g/mol. The van der Waals surface area contributed by atoms with Crippen LogP contribution in [0.25, 0.3) is 11.1 Å². The number of ether oxygens (including phenoxy) is 1. The van der Waals surface area contributed by atoms with Crippen molar-refractivity contribution in [2.24, 2.45) is 0 Å². The van der Waals surface area contributed by atoms with Gasteiger partial charge in [-0.15, -0.1) is 0 Å². The molecule has 1 saturated carbocycles. The third-order valence-corrected chi connectivity index (χ3v) is 4.17. The first-order valence-corrected chi connectivity index (χ1v) is 7.72. The largest absolute Gasteiger partial charge is 0.496 e. The summed E-state index contributed by atoms with van der Waals surface area (Å²) in [7, 11) is 1.70. The summed E-state index contributed by atoms with van der Waals surface area (Å²) in [6, 6.07) is 13.1. The van der Waals surface area contributed by atoms with Crippen LogP contribution in [0.1, 0.15) is 24.0 Å². The Labute approximate surface area is 131 Å². The fourth-order valence-corrected chi connectivity index (χ4v) is 2.73. The van der Waals surface area contributed by atoms with Gasteiger partial charge in [0, 0.05) is 17.6 Å². The average molecular weight is 302 g/mol. The molecule has 0 aliphatic heterocycles. The minimum Gasteiger partial charge on any atom is -0.496 e. The van der Waals surface area contributed by atoms with Gasteiger partial charge in [0.1, 0.15) is 5.75 Å². The van der Waals surface area contributed by atoms with Crippen molar-refractivity contribution >= 4 is 11.6 Å². The molecule has 0 spiro atoms. The Hall–Kier alpha value is -1.51. The maximum atomic E-state index is 6.20. The summed E-state index contributed by atoms with van der Waals surface area (Å²) < 4.78 is 5.34. The van der Waals surface area contributed by atoms with E-state index >= 15 is 0 Å². The molecular weight excluding hydrogens is 282 g/mol. The summed E-state index contributed by atoms with van der Waals surface area (Å²) in [5.41, 5.74) is 4.80. The average Bonchev–Trinajstić information content (AvgIpc) is 3.30. The lowest BCUT2D eigenvalue weighted by Gasteiger charge is -2.13. The van der Waals surface area contributed by atoms with E-state index in [2.05, 4.69) is 30.4 Å². The van der Waals surface area contributed by atoms with Crippen molar-refractivity contribution in [1.82, 2.24) is 5.32 Å². The highest BCUT2D eigenvalue weighted by atomic mass is 35.5. The van der Waals surface area contributed by atoms with Gasteiger partial charge in [-0.05, 0) is 66.3 Å². The summed E-state index contributed by atoms with van der Waals surface area (Å²) in [6.07, 6.45) is 2.59. The van der Waals surface area contributed by atoms with Crippen molar-refractivity contribution in [3.63, 3.8) is 0 Å². The lowest BCUT2D eigenvalue weighted by molar-refractivity contribution is 0.412. The molecule has 2 aromatic carbocycles. The molecule has 2 nitrogen and oxygen atoms in total. The summed E-state index contributed by atoms with van der Waals surface area (Å²) >= 11 is 6.20. The first-order chi connectivity index (χ1) is 10.2. The molecule has 1 N–H and O–H groups in total. The molecule has 21 heavy (non-hydrogen) atoms. The van der Waals surface area contributed by atoms with Crippen LogP contribution in [-0.2, 0) is 6.54 Å². The van der Waals surface area contributed by atoms with E-state index in [4.69, 9.17) is 16.3 Å². The molecule has 1 aliphatic rings. The second-order valence-corrected chi connectivity index (χ2v) is 6.08. The van der Waals surface area contributed by atoms with Gasteiger partial charge in [-0.25, -0.2) is 0 Å². The van der Waals surface area contributed by atoms with Gasteiger partial charge in [0.2, 0.25) is 0 Å². The Morgan fingerprint density at radius 3 is 2.67 bits per heavy atom.